The number of amides is 1. The number of aryl methyl sites for hydroxylation is 1. The van der Waals surface area contributed by atoms with Crippen molar-refractivity contribution >= 4 is 17.4 Å². The molecule has 0 aliphatic carbocycles. The van der Waals surface area contributed by atoms with E-state index < -0.39 is 11.5 Å². The maximum atomic E-state index is 13.3. The van der Waals surface area contributed by atoms with E-state index in [4.69, 9.17) is 4.74 Å². The van der Waals surface area contributed by atoms with E-state index in [0.29, 0.717) is 36.7 Å². The number of carbonyl (C=O) groups excluding carboxylic acids is 2. The number of nitrogens with zero attached hydrogens (tertiary/aromatic N) is 1. The molecule has 29 heavy (non-hydrogen) atoms. The van der Waals surface area contributed by atoms with Crippen LogP contribution in [0.4, 0.5) is 5.69 Å². The highest BCUT2D eigenvalue weighted by Gasteiger charge is 2.51. The third-order valence-corrected chi connectivity index (χ3v) is 5.92. The normalized spacial score (nSPS) is 22.0. The van der Waals surface area contributed by atoms with E-state index in [9.17, 15) is 14.7 Å². The summed E-state index contributed by atoms with van der Waals surface area (Å²) in [5.41, 5.74) is 1.02. The molecule has 1 fully saturated rings. The van der Waals surface area contributed by atoms with Crippen LogP contribution in [0.25, 0.3) is 0 Å². The Morgan fingerprint density at radius 3 is 2.52 bits per heavy atom. The van der Waals surface area contributed by atoms with Crippen molar-refractivity contribution in [1.29, 1.82) is 0 Å². The molecule has 4 rings (SSSR count). The molecule has 2 aromatic rings. The van der Waals surface area contributed by atoms with Gasteiger partial charge < -0.3 is 14.7 Å². The average Bonchev–Trinajstić information content (AvgIpc) is 2.96. The molecule has 2 aromatic carbocycles. The molecular formula is C23H27N2O4+. The Morgan fingerprint density at radius 2 is 1.83 bits per heavy atom. The third-order valence-electron chi connectivity index (χ3n) is 5.92. The zero-order chi connectivity index (χ0) is 20.4. The van der Waals surface area contributed by atoms with E-state index in [1.165, 1.54) is 4.90 Å². The van der Waals surface area contributed by atoms with Crippen molar-refractivity contribution in [3.05, 3.63) is 65.2 Å². The van der Waals surface area contributed by atoms with Crippen LogP contribution in [-0.2, 0) is 21.6 Å². The number of carbonyl (C=O) groups is 2. The predicted octanol–water partition coefficient (Wildman–Crippen LogP) is 0.929. The predicted molar refractivity (Wildman–Crippen MR) is 109 cm³/mol. The van der Waals surface area contributed by atoms with Crippen molar-refractivity contribution in [1.82, 2.24) is 0 Å². The second-order valence-corrected chi connectivity index (χ2v) is 7.78. The number of benzene rings is 2. The summed E-state index contributed by atoms with van der Waals surface area (Å²) in [7, 11) is 0. The van der Waals surface area contributed by atoms with Crippen molar-refractivity contribution < 1.29 is 24.3 Å². The van der Waals surface area contributed by atoms with Gasteiger partial charge in [0.2, 0.25) is 0 Å². The van der Waals surface area contributed by atoms with Gasteiger partial charge in [0.25, 0.3) is 5.91 Å². The molecule has 1 atom stereocenters. The van der Waals surface area contributed by atoms with E-state index in [-0.39, 0.29) is 12.2 Å². The summed E-state index contributed by atoms with van der Waals surface area (Å²) in [4.78, 5) is 29.1. The Kier molecular flexibility index (Phi) is 5.50. The summed E-state index contributed by atoms with van der Waals surface area (Å²) in [5.74, 6) is -0.657. The summed E-state index contributed by atoms with van der Waals surface area (Å²) in [6, 6.07) is 14.6. The first-order valence-corrected chi connectivity index (χ1v) is 10.2. The number of fused-ring (bicyclic) bond motifs is 1. The van der Waals surface area contributed by atoms with Crippen LogP contribution in [0.1, 0.15) is 34.8 Å². The van der Waals surface area contributed by atoms with Crippen LogP contribution in [0, 0.1) is 0 Å². The van der Waals surface area contributed by atoms with Gasteiger partial charge in [-0.1, -0.05) is 49.4 Å². The number of para-hydroxylation sites is 1. The quantitative estimate of drug-likeness (QED) is 0.714. The molecule has 1 saturated heterocycles. The lowest BCUT2D eigenvalue weighted by molar-refractivity contribution is -0.906. The number of Topliss-reactive ketones (excluding diaryl/α,β-unsaturated/α-hetero) is 1. The van der Waals surface area contributed by atoms with E-state index in [2.05, 4.69) is 6.92 Å². The number of morpholine rings is 1. The minimum Gasteiger partial charge on any atom is -0.375 e. The average molecular weight is 395 g/mol. The number of ether oxygens (including phenoxy) is 1. The van der Waals surface area contributed by atoms with Crippen molar-refractivity contribution in [2.24, 2.45) is 0 Å². The summed E-state index contributed by atoms with van der Waals surface area (Å²) in [6.45, 7) is 5.46. The molecule has 1 unspecified atom stereocenters. The fourth-order valence-electron chi connectivity index (χ4n) is 4.14. The number of anilines is 1. The second kappa shape index (κ2) is 8.06. The van der Waals surface area contributed by atoms with Crippen LogP contribution >= 0.6 is 0 Å². The molecule has 1 amide bonds. The Balaban J connectivity index is 1.59. The molecule has 2 aliphatic heterocycles. The lowest BCUT2D eigenvalue weighted by atomic mass is 9.88. The highest BCUT2D eigenvalue weighted by molar-refractivity contribution is 6.10. The Labute approximate surface area is 170 Å². The van der Waals surface area contributed by atoms with E-state index in [1.807, 2.05) is 24.3 Å². The van der Waals surface area contributed by atoms with Crippen LogP contribution in [0.5, 0.6) is 0 Å². The van der Waals surface area contributed by atoms with Crippen LogP contribution in [0.15, 0.2) is 48.5 Å². The number of ketones is 1. The summed E-state index contributed by atoms with van der Waals surface area (Å²) < 4.78 is 5.40. The zero-order valence-electron chi connectivity index (χ0n) is 16.7. The minimum atomic E-state index is -1.83. The van der Waals surface area contributed by atoms with Gasteiger partial charge in [0.05, 0.1) is 25.3 Å². The smallest absolute Gasteiger partial charge is 0.268 e. The summed E-state index contributed by atoms with van der Waals surface area (Å²) in [5, 5.41) is 11.4. The van der Waals surface area contributed by atoms with Crippen LogP contribution in [0.3, 0.4) is 0 Å². The van der Waals surface area contributed by atoms with Crippen molar-refractivity contribution in [3.63, 3.8) is 0 Å². The monoisotopic (exact) mass is 395 g/mol. The molecule has 0 bridgehead atoms. The van der Waals surface area contributed by atoms with Gasteiger partial charge in [-0.15, -0.1) is 0 Å². The molecular weight excluding hydrogens is 368 g/mol. The largest absolute Gasteiger partial charge is 0.375 e. The van der Waals surface area contributed by atoms with Gasteiger partial charge in [0.1, 0.15) is 13.1 Å². The van der Waals surface area contributed by atoms with Gasteiger partial charge in [-0.3, -0.25) is 14.5 Å². The van der Waals surface area contributed by atoms with Crippen LogP contribution in [-0.4, -0.2) is 49.8 Å². The number of quaternary nitrogens is 1. The molecule has 6 nitrogen and oxygen atoms in total. The maximum absolute atomic E-state index is 13.3. The Hall–Kier alpha value is -2.54. The van der Waals surface area contributed by atoms with Gasteiger partial charge >= 0.3 is 0 Å². The zero-order valence-corrected chi connectivity index (χ0v) is 16.7. The number of aliphatic hydroxyl groups is 1. The lowest BCUT2D eigenvalue weighted by Crippen LogP contribution is -3.15. The minimum absolute atomic E-state index is 0.237. The van der Waals surface area contributed by atoms with Crippen molar-refractivity contribution in [3.8, 4) is 0 Å². The lowest BCUT2D eigenvalue weighted by Gasteiger charge is -2.29. The van der Waals surface area contributed by atoms with E-state index >= 15 is 0 Å². The second-order valence-electron chi connectivity index (χ2n) is 7.78. The summed E-state index contributed by atoms with van der Waals surface area (Å²) >= 11 is 0. The van der Waals surface area contributed by atoms with Gasteiger partial charge in [-0.25, -0.2) is 0 Å². The van der Waals surface area contributed by atoms with Gasteiger partial charge in [0, 0.05) is 11.1 Å². The highest BCUT2D eigenvalue weighted by atomic mass is 16.5. The molecule has 0 aromatic heterocycles. The first-order chi connectivity index (χ1) is 14.0. The molecule has 0 spiro atoms. The molecule has 2 aliphatic rings. The molecule has 6 heteroatoms. The van der Waals surface area contributed by atoms with Gasteiger partial charge in [0.15, 0.2) is 18.1 Å². The molecule has 152 valence electrons. The first-order valence-electron chi connectivity index (χ1n) is 10.2. The SMILES string of the molecule is CCc1ccc(C(=O)CC2(O)C(=O)N(C[NH+]3CCOCC3)c3ccccc32)cc1. The highest BCUT2D eigenvalue weighted by Crippen LogP contribution is 2.42. The fourth-order valence-corrected chi connectivity index (χ4v) is 4.14. The first kappa shape index (κ1) is 19.8. The third kappa shape index (κ3) is 3.71. The summed E-state index contributed by atoms with van der Waals surface area (Å²) in [6.07, 6.45) is 0.631. The molecule has 0 saturated carbocycles. The topological polar surface area (TPSA) is 71.3 Å². The van der Waals surface area contributed by atoms with Gasteiger partial charge in [-0.2, -0.15) is 0 Å². The standard InChI is InChI=1S/C23H26N2O4/c1-2-17-7-9-18(10-8-17)21(26)15-23(28)19-5-3-4-6-20(19)25(22(23)27)16-24-11-13-29-14-12-24/h3-10,28H,2,11-16H2,1H3/p+1. The van der Waals surface area contributed by atoms with Crippen LogP contribution < -0.4 is 9.80 Å². The van der Waals surface area contributed by atoms with Crippen molar-refractivity contribution in [2.45, 2.75) is 25.4 Å². The Morgan fingerprint density at radius 1 is 1.14 bits per heavy atom. The Bertz CT molecular complexity index is 905. The van der Waals surface area contributed by atoms with Gasteiger partial charge in [-0.05, 0) is 18.1 Å². The number of rotatable bonds is 6. The van der Waals surface area contributed by atoms with E-state index in [1.54, 1.807) is 29.2 Å². The number of hydrogen-bond donors (Lipinski definition) is 2. The molecule has 2 N–H and O–H groups in total. The fraction of sp³-hybridized carbons (Fsp3) is 0.391. The number of hydrogen-bond acceptors (Lipinski definition) is 4. The number of nitrogens with one attached hydrogen (secondary N) is 1. The van der Waals surface area contributed by atoms with E-state index in [0.717, 1.165) is 25.1 Å². The van der Waals surface area contributed by atoms with Crippen molar-refractivity contribution in [2.75, 3.05) is 37.9 Å². The molecule has 2 heterocycles. The molecule has 0 radical (unpaired) electrons. The maximum Gasteiger partial charge on any atom is 0.268 e. The van der Waals surface area contributed by atoms with Crippen LogP contribution in [0.2, 0.25) is 0 Å².